The van der Waals surface area contributed by atoms with Crippen molar-refractivity contribution in [3.05, 3.63) is 45.4 Å². The van der Waals surface area contributed by atoms with Crippen LogP contribution in [0.1, 0.15) is 34.7 Å². The molecule has 2 amide bonds. The maximum atomic E-state index is 12.3. The number of hydrazine groups is 1. The fourth-order valence-corrected chi connectivity index (χ4v) is 3.94. The molecule has 1 aromatic heterocycles. The van der Waals surface area contributed by atoms with Crippen molar-refractivity contribution in [2.45, 2.75) is 40.2 Å². The summed E-state index contributed by atoms with van der Waals surface area (Å²) >= 11 is 1.66. The summed E-state index contributed by atoms with van der Waals surface area (Å²) < 4.78 is 5.55. The molecule has 156 valence electrons. The number of nitrogens with zero attached hydrogens (tertiary/aromatic N) is 2. The van der Waals surface area contributed by atoms with E-state index in [1.165, 1.54) is 0 Å². The number of thiazole rings is 1. The van der Waals surface area contributed by atoms with Gasteiger partial charge in [-0.15, -0.1) is 11.3 Å². The van der Waals surface area contributed by atoms with E-state index in [2.05, 4.69) is 26.1 Å². The zero-order valence-electron chi connectivity index (χ0n) is 17.2. The minimum absolute atomic E-state index is 0.0938. The standard InChI is InChI=1S/C21H28N4O3S/c1-14-4-5-15(2)19(10-14)28-12-20(26)23-24-21(27)17-6-8-25(9-7-17)11-18-13-29-16(3)22-18/h4-5,10,13,17H,6-9,11-12H2,1-3H3,(H,23,26)(H,24,27). The van der Waals surface area contributed by atoms with Crippen molar-refractivity contribution in [3.63, 3.8) is 0 Å². The van der Waals surface area contributed by atoms with Crippen molar-refractivity contribution in [1.82, 2.24) is 20.7 Å². The van der Waals surface area contributed by atoms with E-state index >= 15 is 0 Å². The van der Waals surface area contributed by atoms with E-state index < -0.39 is 0 Å². The average molecular weight is 417 g/mol. The van der Waals surface area contributed by atoms with Crippen LogP contribution in [0.2, 0.25) is 0 Å². The Morgan fingerprint density at radius 1 is 1.21 bits per heavy atom. The molecule has 0 spiro atoms. The normalized spacial score (nSPS) is 15.1. The highest BCUT2D eigenvalue weighted by molar-refractivity contribution is 7.09. The fraction of sp³-hybridized carbons (Fsp3) is 0.476. The van der Waals surface area contributed by atoms with Gasteiger partial charge in [-0.05, 0) is 63.9 Å². The minimum atomic E-state index is -0.379. The summed E-state index contributed by atoms with van der Waals surface area (Å²) in [5.74, 6) is 0.0580. The molecule has 29 heavy (non-hydrogen) atoms. The molecule has 2 heterocycles. The van der Waals surface area contributed by atoms with Crippen LogP contribution in [0.3, 0.4) is 0 Å². The molecule has 3 rings (SSSR count). The lowest BCUT2D eigenvalue weighted by atomic mass is 9.96. The van der Waals surface area contributed by atoms with E-state index in [0.29, 0.717) is 5.75 Å². The number of hydrogen-bond donors (Lipinski definition) is 2. The average Bonchev–Trinajstić information content (AvgIpc) is 3.12. The lowest BCUT2D eigenvalue weighted by Crippen LogP contribution is -2.48. The van der Waals surface area contributed by atoms with E-state index in [0.717, 1.165) is 54.3 Å². The third kappa shape index (κ3) is 6.27. The second-order valence-corrected chi connectivity index (χ2v) is 8.57. The van der Waals surface area contributed by atoms with Gasteiger partial charge in [-0.1, -0.05) is 12.1 Å². The first-order chi connectivity index (χ1) is 13.9. The van der Waals surface area contributed by atoms with E-state index in [1.807, 2.05) is 39.0 Å². The van der Waals surface area contributed by atoms with Crippen LogP contribution < -0.4 is 15.6 Å². The number of benzene rings is 1. The predicted molar refractivity (Wildman–Crippen MR) is 113 cm³/mol. The molecule has 8 heteroatoms. The Bertz CT molecular complexity index is 859. The van der Waals surface area contributed by atoms with Crippen LogP contribution in [0.25, 0.3) is 0 Å². The SMILES string of the molecule is Cc1ccc(C)c(OCC(=O)NNC(=O)C2CCN(Cc3csc(C)n3)CC2)c1. The van der Waals surface area contributed by atoms with Crippen LogP contribution in [-0.2, 0) is 16.1 Å². The van der Waals surface area contributed by atoms with E-state index in [1.54, 1.807) is 11.3 Å². The molecule has 1 fully saturated rings. The van der Waals surface area contributed by atoms with Crippen LogP contribution in [0.15, 0.2) is 23.6 Å². The maximum Gasteiger partial charge on any atom is 0.276 e. The number of amides is 2. The van der Waals surface area contributed by atoms with Crippen molar-refractivity contribution < 1.29 is 14.3 Å². The Morgan fingerprint density at radius 2 is 1.97 bits per heavy atom. The van der Waals surface area contributed by atoms with Gasteiger partial charge in [-0.25, -0.2) is 4.98 Å². The fourth-order valence-electron chi connectivity index (χ4n) is 3.34. The summed E-state index contributed by atoms with van der Waals surface area (Å²) in [6, 6.07) is 5.83. The minimum Gasteiger partial charge on any atom is -0.483 e. The molecule has 0 radical (unpaired) electrons. The van der Waals surface area contributed by atoms with Gasteiger partial charge in [0.05, 0.1) is 10.7 Å². The second-order valence-electron chi connectivity index (χ2n) is 7.50. The lowest BCUT2D eigenvalue weighted by molar-refractivity contribution is -0.133. The van der Waals surface area contributed by atoms with Gasteiger partial charge in [0.15, 0.2) is 6.61 Å². The summed E-state index contributed by atoms with van der Waals surface area (Å²) in [5, 5.41) is 3.16. The van der Waals surface area contributed by atoms with Gasteiger partial charge in [0.25, 0.3) is 5.91 Å². The molecular formula is C21H28N4O3S. The van der Waals surface area contributed by atoms with Crippen molar-refractivity contribution in [3.8, 4) is 5.75 Å². The van der Waals surface area contributed by atoms with Crippen LogP contribution in [0.5, 0.6) is 5.75 Å². The molecular weight excluding hydrogens is 388 g/mol. The zero-order chi connectivity index (χ0) is 20.8. The van der Waals surface area contributed by atoms with Crippen molar-refractivity contribution in [1.29, 1.82) is 0 Å². The predicted octanol–water partition coefficient (Wildman–Crippen LogP) is 2.51. The maximum absolute atomic E-state index is 12.3. The van der Waals surface area contributed by atoms with E-state index in [9.17, 15) is 9.59 Å². The van der Waals surface area contributed by atoms with Crippen LogP contribution in [0, 0.1) is 26.7 Å². The smallest absolute Gasteiger partial charge is 0.276 e. The van der Waals surface area contributed by atoms with Gasteiger partial charge in [0, 0.05) is 17.8 Å². The highest BCUT2D eigenvalue weighted by Gasteiger charge is 2.25. The van der Waals surface area contributed by atoms with Gasteiger partial charge in [0.1, 0.15) is 5.75 Å². The summed E-state index contributed by atoms with van der Waals surface area (Å²) in [6.07, 6.45) is 1.54. The van der Waals surface area contributed by atoms with Gasteiger partial charge >= 0.3 is 0 Å². The Labute approximate surface area is 175 Å². The molecule has 2 N–H and O–H groups in total. The number of carbonyl (C=O) groups is 2. The number of aromatic nitrogens is 1. The molecule has 0 unspecified atom stereocenters. The van der Waals surface area contributed by atoms with Gasteiger partial charge < -0.3 is 4.74 Å². The topological polar surface area (TPSA) is 83.6 Å². The highest BCUT2D eigenvalue weighted by atomic mass is 32.1. The number of aryl methyl sites for hydroxylation is 3. The molecule has 1 aliphatic rings. The Kier molecular flexibility index (Phi) is 7.22. The molecule has 7 nitrogen and oxygen atoms in total. The molecule has 1 aliphatic heterocycles. The largest absolute Gasteiger partial charge is 0.483 e. The molecule has 0 atom stereocenters. The number of likely N-dealkylation sites (tertiary alicyclic amines) is 1. The number of piperidine rings is 1. The van der Waals surface area contributed by atoms with E-state index in [4.69, 9.17) is 4.74 Å². The molecule has 0 saturated carbocycles. The molecule has 1 saturated heterocycles. The van der Waals surface area contributed by atoms with Crippen LogP contribution >= 0.6 is 11.3 Å². The summed E-state index contributed by atoms with van der Waals surface area (Å²) in [4.78, 5) is 31.1. The Morgan fingerprint density at radius 3 is 2.66 bits per heavy atom. The van der Waals surface area contributed by atoms with Gasteiger partial charge in [0.2, 0.25) is 5.91 Å². The summed E-state index contributed by atoms with van der Waals surface area (Å²) in [7, 11) is 0. The number of nitrogens with one attached hydrogen (secondary N) is 2. The summed E-state index contributed by atoms with van der Waals surface area (Å²) in [5.41, 5.74) is 8.11. The number of carbonyl (C=O) groups excluding carboxylic acids is 2. The highest BCUT2D eigenvalue weighted by Crippen LogP contribution is 2.20. The van der Waals surface area contributed by atoms with Crippen LogP contribution in [-0.4, -0.2) is 41.4 Å². The number of ether oxygens (including phenoxy) is 1. The first-order valence-electron chi connectivity index (χ1n) is 9.83. The molecule has 1 aromatic carbocycles. The Balaban J connectivity index is 1.36. The number of hydrogen-bond acceptors (Lipinski definition) is 6. The van der Waals surface area contributed by atoms with Crippen molar-refractivity contribution in [2.75, 3.05) is 19.7 Å². The molecule has 2 aromatic rings. The third-order valence-electron chi connectivity index (χ3n) is 5.04. The van der Waals surface area contributed by atoms with Crippen molar-refractivity contribution >= 4 is 23.2 Å². The second kappa shape index (κ2) is 9.84. The van der Waals surface area contributed by atoms with Crippen LogP contribution in [0.4, 0.5) is 0 Å². The lowest BCUT2D eigenvalue weighted by Gasteiger charge is -2.30. The first-order valence-corrected chi connectivity index (χ1v) is 10.7. The number of rotatable bonds is 6. The Hall–Kier alpha value is -2.45. The van der Waals surface area contributed by atoms with Gasteiger partial charge in [-0.2, -0.15) is 0 Å². The first kappa shape index (κ1) is 21.3. The molecule has 0 bridgehead atoms. The zero-order valence-corrected chi connectivity index (χ0v) is 18.0. The van der Waals surface area contributed by atoms with Crippen molar-refractivity contribution in [2.24, 2.45) is 5.92 Å². The molecule has 0 aliphatic carbocycles. The summed E-state index contributed by atoms with van der Waals surface area (Å²) in [6.45, 7) is 8.27. The third-order valence-corrected chi connectivity index (χ3v) is 5.86. The monoisotopic (exact) mass is 416 g/mol. The van der Waals surface area contributed by atoms with E-state index in [-0.39, 0.29) is 24.3 Å². The quantitative estimate of drug-likeness (QED) is 0.707. The van der Waals surface area contributed by atoms with Gasteiger partial charge in [-0.3, -0.25) is 25.3 Å².